The summed E-state index contributed by atoms with van der Waals surface area (Å²) in [6.45, 7) is 9.26. The van der Waals surface area contributed by atoms with Crippen molar-refractivity contribution >= 4 is 0 Å². The van der Waals surface area contributed by atoms with Crippen LogP contribution in [-0.2, 0) is 0 Å². The molecule has 2 heterocycles. The van der Waals surface area contributed by atoms with Gasteiger partial charge in [-0.15, -0.1) is 0 Å². The second-order valence-electron chi connectivity index (χ2n) is 7.08. The number of piperazine rings is 1. The quantitative estimate of drug-likeness (QED) is 0.743. The van der Waals surface area contributed by atoms with Crippen LogP contribution in [0.5, 0.6) is 0 Å². The second-order valence-corrected chi connectivity index (χ2v) is 7.08. The first-order valence-corrected chi connectivity index (χ1v) is 8.27. The van der Waals surface area contributed by atoms with Gasteiger partial charge < -0.3 is 4.90 Å². The van der Waals surface area contributed by atoms with Crippen molar-refractivity contribution < 1.29 is 0 Å². The number of nitrogens with zero attached hydrogens (tertiary/aromatic N) is 2. The summed E-state index contributed by atoms with van der Waals surface area (Å²) in [6.07, 6.45) is 10.3. The van der Waals surface area contributed by atoms with Crippen LogP contribution in [0, 0.1) is 11.8 Å². The van der Waals surface area contributed by atoms with Crippen molar-refractivity contribution in [3.8, 4) is 0 Å². The Morgan fingerprint density at radius 2 is 1.89 bits per heavy atom. The van der Waals surface area contributed by atoms with Gasteiger partial charge >= 0.3 is 0 Å². The van der Waals surface area contributed by atoms with Crippen LogP contribution >= 0.6 is 0 Å². The summed E-state index contributed by atoms with van der Waals surface area (Å²) in [5.41, 5.74) is 0. The summed E-state index contributed by atoms with van der Waals surface area (Å²) in [7, 11) is 0. The lowest BCUT2D eigenvalue weighted by molar-refractivity contribution is 0.0366. The van der Waals surface area contributed by atoms with Crippen molar-refractivity contribution in [3.05, 3.63) is 0 Å². The van der Waals surface area contributed by atoms with Gasteiger partial charge in [0, 0.05) is 32.2 Å². The molecule has 3 rings (SSSR count). The van der Waals surface area contributed by atoms with E-state index < -0.39 is 0 Å². The molecule has 2 heteroatoms. The first-order chi connectivity index (χ1) is 8.81. The van der Waals surface area contributed by atoms with Crippen LogP contribution in [0.4, 0.5) is 0 Å². The third-order valence-corrected chi connectivity index (χ3v) is 5.48. The van der Waals surface area contributed by atoms with Crippen LogP contribution in [-0.4, -0.2) is 48.6 Å². The minimum absolute atomic E-state index is 0.897. The smallest absolute Gasteiger partial charge is 0.0223 e. The van der Waals surface area contributed by atoms with Gasteiger partial charge in [-0.3, -0.25) is 4.90 Å². The highest BCUT2D eigenvalue weighted by Crippen LogP contribution is 2.30. The van der Waals surface area contributed by atoms with Gasteiger partial charge in [-0.2, -0.15) is 0 Å². The first kappa shape index (κ1) is 12.9. The molecule has 18 heavy (non-hydrogen) atoms. The van der Waals surface area contributed by atoms with Crippen LogP contribution in [0.1, 0.15) is 51.9 Å². The fraction of sp³-hybridized carbons (Fsp3) is 1.00. The van der Waals surface area contributed by atoms with Crippen molar-refractivity contribution in [1.82, 2.24) is 9.80 Å². The Hall–Kier alpha value is -0.0800. The molecular formula is C16H30N2. The van der Waals surface area contributed by atoms with Crippen molar-refractivity contribution in [3.63, 3.8) is 0 Å². The lowest BCUT2D eigenvalue weighted by atomic mass is 9.82. The maximum absolute atomic E-state index is 2.79. The third-order valence-electron chi connectivity index (χ3n) is 5.48. The summed E-state index contributed by atoms with van der Waals surface area (Å²) in [4.78, 5) is 5.54. The molecule has 0 bridgehead atoms. The van der Waals surface area contributed by atoms with Crippen molar-refractivity contribution in [2.75, 3.05) is 32.7 Å². The molecular weight excluding hydrogens is 220 g/mol. The second kappa shape index (κ2) is 5.92. The topological polar surface area (TPSA) is 6.48 Å². The largest absolute Gasteiger partial charge is 0.300 e. The predicted octanol–water partition coefficient (Wildman–Crippen LogP) is 2.98. The van der Waals surface area contributed by atoms with Gasteiger partial charge in [-0.25, -0.2) is 0 Å². The number of rotatable bonds is 2. The van der Waals surface area contributed by atoms with E-state index in [2.05, 4.69) is 16.7 Å². The molecule has 3 unspecified atom stereocenters. The molecule has 0 aromatic heterocycles. The molecule has 0 N–H and O–H groups in total. The molecule has 0 aromatic carbocycles. The lowest BCUT2D eigenvalue weighted by Crippen LogP contribution is -2.55. The van der Waals surface area contributed by atoms with Crippen LogP contribution in [0.3, 0.4) is 0 Å². The van der Waals surface area contributed by atoms with Gasteiger partial charge in [-0.05, 0) is 44.1 Å². The average Bonchev–Trinajstić information content (AvgIpc) is 2.39. The molecule has 2 aliphatic heterocycles. The Morgan fingerprint density at radius 3 is 2.78 bits per heavy atom. The summed E-state index contributed by atoms with van der Waals surface area (Å²) >= 11 is 0. The van der Waals surface area contributed by atoms with Gasteiger partial charge in [0.05, 0.1) is 0 Å². The van der Waals surface area contributed by atoms with E-state index in [1.165, 1.54) is 77.7 Å². The molecule has 104 valence electrons. The van der Waals surface area contributed by atoms with Crippen LogP contribution in [0.15, 0.2) is 0 Å². The van der Waals surface area contributed by atoms with Gasteiger partial charge in [0.25, 0.3) is 0 Å². The van der Waals surface area contributed by atoms with Crippen molar-refractivity contribution in [1.29, 1.82) is 0 Å². The monoisotopic (exact) mass is 250 g/mol. The van der Waals surface area contributed by atoms with E-state index >= 15 is 0 Å². The molecule has 3 aliphatic rings. The third kappa shape index (κ3) is 3.08. The molecule has 2 nitrogen and oxygen atoms in total. The molecule has 0 radical (unpaired) electrons. The Labute approximate surface area is 113 Å². The van der Waals surface area contributed by atoms with E-state index in [0.717, 1.165) is 17.9 Å². The molecule has 2 saturated heterocycles. The first-order valence-electron chi connectivity index (χ1n) is 8.27. The summed E-state index contributed by atoms with van der Waals surface area (Å²) in [6, 6.07) is 0.897. The fourth-order valence-electron chi connectivity index (χ4n) is 4.48. The van der Waals surface area contributed by atoms with Gasteiger partial charge in [-0.1, -0.05) is 26.2 Å². The molecule has 1 aliphatic carbocycles. The van der Waals surface area contributed by atoms with Crippen LogP contribution in [0.2, 0.25) is 0 Å². The van der Waals surface area contributed by atoms with Crippen molar-refractivity contribution in [2.45, 2.75) is 57.9 Å². The predicted molar refractivity (Wildman–Crippen MR) is 76.8 cm³/mol. The Balaban J connectivity index is 1.48. The van der Waals surface area contributed by atoms with E-state index in [1.807, 2.05) is 0 Å². The zero-order valence-corrected chi connectivity index (χ0v) is 12.1. The highest BCUT2D eigenvalue weighted by molar-refractivity contribution is 4.86. The maximum atomic E-state index is 2.79. The van der Waals surface area contributed by atoms with Crippen molar-refractivity contribution in [2.24, 2.45) is 11.8 Å². The highest BCUT2D eigenvalue weighted by Gasteiger charge is 2.30. The van der Waals surface area contributed by atoms with Gasteiger partial charge in [0.2, 0.25) is 0 Å². The molecule has 3 atom stereocenters. The maximum Gasteiger partial charge on any atom is 0.0223 e. The normalized spacial score (nSPS) is 39.5. The number of hydrogen-bond acceptors (Lipinski definition) is 2. The fourth-order valence-corrected chi connectivity index (χ4v) is 4.48. The number of hydrogen-bond donors (Lipinski definition) is 0. The van der Waals surface area contributed by atoms with E-state index in [9.17, 15) is 0 Å². The number of fused-ring (bicyclic) bond motifs is 1. The molecule has 0 aromatic rings. The van der Waals surface area contributed by atoms with E-state index in [1.54, 1.807) is 0 Å². The highest BCUT2D eigenvalue weighted by atomic mass is 15.3. The molecule has 1 saturated carbocycles. The standard InChI is InChI=1S/C16H30N2/c1-14-5-4-6-15(11-14)12-17-9-10-18-8-3-2-7-16(18)13-17/h14-16H,2-13H2,1H3. The molecule has 0 amide bonds. The Bertz CT molecular complexity index is 266. The molecule has 0 spiro atoms. The van der Waals surface area contributed by atoms with E-state index in [0.29, 0.717) is 0 Å². The molecule has 3 fully saturated rings. The van der Waals surface area contributed by atoms with Crippen LogP contribution in [0.25, 0.3) is 0 Å². The SMILES string of the molecule is CC1CCCC(CN2CCN3CCCCC3C2)C1. The van der Waals surface area contributed by atoms with E-state index in [-0.39, 0.29) is 0 Å². The van der Waals surface area contributed by atoms with Gasteiger partial charge in [0.15, 0.2) is 0 Å². The lowest BCUT2D eigenvalue weighted by Gasteiger charge is -2.45. The van der Waals surface area contributed by atoms with E-state index in [4.69, 9.17) is 0 Å². The summed E-state index contributed by atoms with van der Waals surface area (Å²) < 4.78 is 0. The zero-order chi connectivity index (χ0) is 12.4. The Kier molecular flexibility index (Phi) is 4.25. The average molecular weight is 250 g/mol. The van der Waals surface area contributed by atoms with Gasteiger partial charge in [0.1, 0.15) is 0 Å². The summed E-state index contributed by atoms with van der Waals surface area (Å²) in [5.74, 6) is 1.99. The summed E-state index contributed by atoms with van der Waals surface area (Å²) in [5, 5.41) is 0. The minimum Gasteiger partial charge on any atom is -0.300 e. The minimum atomic E-state index is 0.897. The zero-order valence-electron chi connectivity index (χ0n) is 12.1. The van der Waals surface area contributed by atoms with Crippen LogP contribution < -0.4 is 0 Å². The number of piperidine rings is 1. The Morgan fingerprint density at radius 1 is 0.944 bits per heavy atom.